The number of rotatable bonds is 4. The average molecular weight is 216 g/mol. The van der Waals surface area contributed by atoms with Crippen molar-refractivity contribution in [3.8, 4) is 0 Å². The predicted octanol–water partition coefficient (Wildman–Crippen LogP) is 2.80. The van der Waals surface area contributed by atoms with E-state index in [9.17, 15) is 0 Å². The lowest BCUT2D eigenvalue weighted by molar-refractivity contribution is 0.452. The first-order valence-electron chi connectivity index (χ1n) is 5.04. The van der Waals surface area contributed by atoms with E-state index < -0.39 is 0 Å². The first-order valence-corrected chi connectivity index (χ1v) is 5.58. The van der Waals surface area contributed by atoms with Crippen LogP contribution in [0.2, 0.25) is 0 Å². The Kier molecular flexibility index (Phi) is 3.93. The lowest BCUT2D eigenvalue weighted by Gasteiger charge is -2.11. The lowest BCUT2D eigenvalue weighted by atomic mass is 10.1. The van der Waals surface area contributed by atoms with E-state index in [1.165, 1.54) is 5.69 Å². The molecule has 0 aliphatic carbocycles. The summed E-state index contributed by atoms with van der Waals surface area (Å²) in [5.41, 5.74) is 2.09. The first kappa shape index (κ1) is 11.5. The molecule has 0 amide bonds. The Morgan fingerprint density at radius 3 is 2.36 bits per heavy atom. The van der Waals surface area contributed by atoms with Gasteiger partial charge < -0.3 is 0 Å². The molecule has 14 heavy (non-hydrogen) atoms. The SMILES string of the molecule is CC(C)Cn1nnc(CCl)c1C(C)C. The van der Waals surface area contributed by atoms with E-state index in [1.807, 2.05) is 4.68 Å². The fourth-order valence-corrected chi connectivity index (χ4v) is 1.75. The lowest BCUT2D eigenvalue weighted by Crippen LogP contribution is -2.11. The second kappa shape index (κ2) is 4.78. The van der Waals surface area contributed by atoms with E-state index in [0.29, 0.717) is 17.7 Å². The van der Waals surface area contributed by atoms with E-state index in [0.717, 1.165) is 12.2 Å². The zero-order valence-corrected chi connectivity index (χ0v) is 10.0. The molecule has 0 atom stereocenters. The molecular formula is C10H18ClN3. The highest BCUT2D eigenvalue weighted by Gasteiger charge is 2.15. The number of hydrogen-bond acceptors (Lipinski definition) is 2. The molecule has 4 heteroatoms. The smallest absolute Gasteiger partial charge is 0.101 e. The molecule has 0 radical (unpaired) electrons. The molecule has 0 fully saturated rings. The molecule has 0 unspecified atom stereocenters. The van der Waals surface area contributed by atoms with Gasteiger partial charge in [0.15, 0.2) is 0 Å². The van der Waals surface area contributed by atoms with Crippen molar-refractivity contribution in [1.29, 1.82) is 0 Å². The van der Waals surface area contributed by atoms with Crippen molar-refractivity contribution in [3.05, 3.63) is 11.4 Å². The highest BCUT2D eigenvalue weighted by atomic mass is 35.5. The van der Waals surface area contributed by atoms with Gasteiger partial charge in [-0.05, 0) is 11.8 Å². The summed E-state index contributed by atoms with van der Waals surface area (Å²) >= 11 is 5.81. The monoisotopic (exact) mass is 215 g/mol. The van der Waals surface area contributed by atoms with Gasteiger partial charge in [-0.3, -0.25) is 0 Å². The second-order valence-electron chi connectivity index (χ2n) is 4.29. The quantitative estimate of drug-likeness (QED) is 0.724. The van der Waals surface area contributed by atoms with Crippen LogP contribution in [0, 0.1) is 5.92 Å². The Morgan fingerprint density at radius 2 is 1.93 bits per heavy atom. The summed E-state index contributed by atoms with van der Waals surface area (Å²) in [5, 5.41) is 8.22. The van der Waals surface area contributed by atoms with Gasteiger partial charge in [-0.1, -0.05) is 32.9 Å². The highest BCUT2D eigenvalue weighted by molar-refractivity contribution is 6.16. The number of halogens is 1. The van der Waals surface area contributed by atoms with Crippen LogP contribution in [-0.2, 0) is 12.4 Å². The van der Waals surface area contributed by atoms with Crippen molar-refractivity contribution >= 4 is 11.6 Å². The minimum Gasteiger partial charge on any atom is -0.249 e. The summed E-state index contributed by atoms with van der Waals surface area (Å²) < 4.78 is 1.98. The highest BCUT2D eigenvalue weighted by Crippen LogP contribution is 2.19. The van der Waals surface area contributed by atoms with Gasteiger partial charge in [-0.2, -0.15) is 0 Å². The minimum absolute atomic E-state index is 0.428. The molecule has 1 aromatic heterocycles. The van der Waals surface area contributed by atoms with Gasteiger partial charge in [0.05, 0.1) is 11.6 Å². The molecule has 80 valence electrons. The maximum atomic E-state index is 5.81. The number of alkyl halides is 1. The fraction of sp³-hybridized carbons (Fsp3) is 0.800. The largest absolute Gasteiger partial charge is 0.249 e. The topological polar surface area (TPSA) is 30.7 Å². The van der Waals surface area contributed by atoms with Crippen molar-refractivity contribution in [2.45, 2.75) is 46.0 Å². The zero-order chi connectivity index (χ0) is 10.7. The molecule has 0 N–H and O–H groups in total. The summed E-state index contributed by atoms with van der Waals surface area (Å²) in [7, 11) is 0. The molecule has 0 saturated heterocycles. The van der Waals surface area contributed by atoms with Gasteiger partial charge in [0, 0.05) is 6.54 Å². The molecular weight excluding hydrogens is 198 g/mol. The van der Waals surface area contributed by atoms with Gasteiger partial charge in [0.1, 0.15) is 5.69 Å². The van der Waals surface area contributed by atoms with Crippen LogP contribution < -0.4 is 0 Å². The van der Waals surface area contributed by atoms with Crippen LogP contribution in [0.5, 0.6) is 0 Å². The molecule has 0 aliphatic rings. The molecule has 1 rings (SSSR count). The number of nitrogens with zero attached hydrogens (tertiary/aromatic N) is 3. The van der Waals surface area contributed by atoms with Crippen LogP contribution in [0.25, 0.3) is 0 Å². The van der Waals surface area contributed by atoms with Crippen LogP contribution in [0.3, 0.4) is 0 Å². The number of aromatic nitrogens is 3. The van der Waals surface area contributed by atoms with Crippen molar-refractivity contribution in [1.82, 2.24) is 15.0 Å². The van der Waals surface area contributed by atoms with E-state index in [2.05, 4.69) is 38.0 Å². The Hall–Kier alpha value is -0.570. The summed E-state index contributed by atoms with van der Waals surface area (Å²) in [6, 6.07) is 0. The fourth-order valence-electron chi connectivity index (χ4n) is 1.56. The molecule has 0 spiro atoms. The van der Waals surface area contributed by atoms with Crippen LogP contribution in [0.15, 0.2) is 0 Å². The molecule has 0 aromatic carbocycles. The molecule has 1 aromatic rings. The van der Waals surface area contributed by atoms with Crippen molar-refractivity contribution in [3.63, 3.8) is 0 Å². The van der Waals surface area contributed by atoms with Crippen LogP contribution in [0.1, 0.15) is 45.0 Å². The van der Waals surface area contributed by atoms with Crippen LogP contribution in [0.4, 0.5) is 0 Å². The molecule has 0 saturated carbocycles. The summed E-state index contributed by atoms with van der Waals surface area (Å²) in [6.45, 7) is 9.55. The molecule has 0 bridgehead atoms. The Bertz CT molecular complexity index is 292. The van der Waals surface area contributed by atoms with Crippen LogP contribution in [-0.4, -0.2) is 15.0 Å². The summed E-state index contributed by atoms with van der Waals surface area (Å²) in [4.78, 5) is 0. The number of hydrogen-bond donors (Lipinski definition) is 0. The normalized spacial score (nSPS) is 11.6. The van der Waals surface area contributed by atoms with Gasteiger partial charge in [0.25, 0.3) is 0 Å². The summed E-state index contributed by atoms with van der Waals surface area (Å²) in [5.74, 6) is 1.46. The third-order valence-corrected chi connectivity index (χ3v) is 2.31. The Morgan fingerprint density at radius 1 is 1.29 bits per heavy atom. The van der Waals surface area contributed by atoms with E-state index in [-0.39, 0.29) is 0 Å². The maximum Gasteiger partial charge on any atom is 0.101 e. The second-order valence-corrected chi connectivity index (χ2v) is 4.55. The van der Waals surface area contributed by atoms with E-state index in [4.69, 9.17) is 11.6 Å². The van der Waals surface area contributed by atoms with Gasteiger partial charge in [0.2, 0.25) is 0 Å². The van der Waals surface area contributed by atoms with Gasteiger partial charge in [-0.25, -0.2) is 4.68 Å². The average Bonchev–Trinajstić information content (AvgIpc) is 2.46. The molecule has 1 heterocycles. The summed E-state index contributed by atoms with van der Waals surface area (Å²) in [6.07, 6.45) is 0. The van der Waals surface area contributed by atoms with Crippen molar-refractivity contribution in [2.75, 3.05) is 0 Å². The van der Waals surface area contributed by atoms with Gasteiger partial charge >= 0.3 is 0 Å². The minimum atomic E-state index is 0.428. The van der Waals surface area contributed by atoms with E-state index in [1.54, 1.807) is 0 Å². The first-order chi connectivity index (χ1) is 6.56. The zero-order valence-electron chi connectivity index (χ0n) is 9.29. The van der Waals surface area contributed by atoms with Gasteiger partial charge in [-0.15, -0.1) is 16.7 Å². The predicted molar refractivity (Wildman–Crippen MR) is 58.5 cm³/mol. The molecule has 0 aliphatic heterocycles. The van der Waals surface area contributed by atoms with E-state index >= 15 is 0 Å². The Labute approximate surface area is 90.4 Å². The van der Waals surface area contributed by atoms with Crippen LogP contribution >= 0.6 is 11.6 Å². The van der Waals surface area contributed by atoms with Crippen molar-refractivity contribution in [2.24, 2.45) is 5.92 Å². The third-order valence-electron chi connectivity index (χ3n) is 2.06. The maximum absolute atomic E-state index is 5.81. The van der Waals surface area contributed by atoms with Crippen molar-refractivity contribution < 1.29 is 0 Å². The Balaban J connectivity index is 2.98. The standard InChI is InChI=1S/C10H18ClN3/c1-7(2)6-14-10(8(3)4)9(5-11)12-13-14/h7-8H,5-6H2,1-4H3. The third kappa shape index (κ3) is 2.47. The molecule has 3 nitrogen and oxygen atoms in total.